The maximum absolute atomic E-state index is 12.4. The van der Waals surface area contributed by atoms with Crippen LogP contribution in [0.3, 0.4) is 0 Å². The third kappa shape index (κ3) is 6.46. The van der Waals surface area contributed by atoms with Crippen molar-refractivity contribution in [2.45, 2.75) is 20.3 Å². The fourth-order valence-corrected chi connectivity index (χ4v) is 3.95. The third-order valence-corrected chi connectivity index (χ3v) is 5.71. The number of nitrogens with one attached hydrogen (secondary N) is 2. The minimum atomic E-state index is -0.355. The molecule has 1 aliphatic heterocycles. The van der Waals surface area contributed by atoms with Crippen LogP contribution in [0.5, 0.6) is 5.75 Å². The van der Waals surface area contributed by atoms with Gasteiger partial charge in [0.1, 0.15) is 5.75 Å². The van der Waals surface area contributed by atoms with Gasteiger partial charge < -0.3 is 20.3 Å². The summed E-state index contributed by atoms with van der Waals surface area (Å²) < 4.78 is 6.35. The van der Waals surface area contributed by atoms with Crippen LogP contribution in [0.4, 0.5) is 11.4 Å². The number of hydrogen-bond acceptors (Lipinski definition) is 4. The van der Waals surface area contributed by atoms with E-state index in [9.17, 15) is 14.4 Å². The predicted octanol–water partition coefficient (Wildman–Crippen LogP) is 4.25. The first-order valence-corrected chi connectivity index (χ1v) is 11.5. The zero-order chi connectivity index (χ0) is 23.3. The van der Waals surface area contributed by atoms with Gasteiger partial charge in [0.25, 0.3) is 5.91 Å². The van der Waals surface area contributed by atoms with Crippen LogP contribution in [0, 0.1) is 11.8 Å². The second-order valence-corrected chi connectivity index (χ2v) is 9.32. The molecule has 0 aliphatic carbocycles. The minimum Gasteiger partial charge on any atom is -0.484 e. The Morgan fingerprint density at radius 2 is 1.94 bits per heavy atom. The van der Waals surface area contributed by atoms with Gasteiger partial charge in [-0.1, -0.05) is 41.4 Å². The molecule has 0 radical (unpaired) electrons. The largest absolute Gasteiger partial charge is 0.484 e. The first-order chi connectivity index (χ1) is 15.2. The highest BCUT2D eigenvalue weighted by Crippen LogP contribution is 2.28. The van der Waals surface area contributed by atoms with Crippen molar-refractivity contribution >= 4 is 56.6 Å². The number of amides is 3. The number of carbonyl (C=O) groups excluding carboxylic acids is 3. The third-order valence-electron chi connectivity index (χ3n) is 4.90. The molecule has 0 bridgehead atoms. The van der Waals surface area contributed by atoms with Crippen molar-refractivity contribution in [2.24, 2.45) is 11.8 Å². The summed E-state index contributed by atoms with van der Waals surface area (Å²) in [7, 11) is 0. The lowest BCUT2D eigenvalue weighted by atomic mass is 10.1. The first-order valence-electron chi connectivity index (χ1n) is 10.3. The Bertz CT molecular complexity index is 997. The van der Waals surface area contributed by atoms with Gasteiger partial charge in [0.15, 0.2) is 6.61 Å². The second-order valence-electron chi connectivity index (χ2n) is 8.00. The van der Waals surface area contributed by atoms with Crippen LogP contribution in [0.15, 0.2) is 46.9 Å². The van der Waals surface area contributed by atoms with Crippen molar-refractivity contribution in [3.8, 4) is 5.75 Å². The fraction of sp³-hybridized carbons (Fsp3) is 0.348. The first kappa shape index (κ1) is 24.1. The van der Waals surface area contributed by atoms with E-state index < -0.39 is 0 Å². The van der Waals surface area contributed by atoms with Crippen molar-refractivity contribution in [2.75, 3.05) is 29.9 Å². The summed E-state index contributed by atoms with van der Waals surface area (Å²) in [5, 5.41) is 6.00. The fourth-order valence-electron chi connectivity index (χ4n) is 3.23. The normalized spacial score (nSPS) is 15.7. The van der Waals surface area contributed by atoms with E-state index in [0.29, 0.717) is 41.2 Å². The zero-order valence-corrected chi connectivity index (χ0v) is 20.2. The van der Waals surface area contributed by atoms with Crippen molar-refractivity contribution in [1.29, 1.82) is 0 Å². The molecule has 3 amide bonds. The highest BCUT2D eigenvalue weighted by Gasteiger charge is 2.35. The van der Waals surface area contributed by atoms with E-state index in [2.05, 4.69) is 26.6 Å². The number of benzene rings is 2. The van der Waals surface area contributed by atoms with E-state index in [1.54, 1.807) is 47.4 Å². The minimum absolute atomic E-state index is 0.0888. The number of rotatable bonds is 8. The van der Waals surface area contributed by atoms with Gasteiger partial charge in [0, 0.05) is 29.7 Å². The van der Waals surface area contributed by atoms with E-state index in [0.717, 1.165) is 4.47 Å². The summed E-state index contributed by atoms with van der Waals surface area (Å²) in [4.78, 5) is 38.4. The van der Waals surface area contributed by atoms with E-state index >= 15 is 0 Å². The molecular formula is C23H25BrClN3O4. The van der Waals surface area contributed by atoms with Crippen molar-refractivity contribution in [1.82, 2.24) is 5.32 Å². The number of nitrogens with zero attached hydrogens (tertiary/aromatic N) is 1. The lowest BCUT2D eigenvalue weighted by Gasteiger charge is -2.17. The molecule has 1 aliphatic rings. The molecule has 9 heteroatoms. The Hall–Kier alpha value is -2.58. The molecule has 2 N–H and O–H groups in total. The van der Waals surface area contributed by atoms with Gasteiger partial charge in [-0.2, -0.15) is 0 Å². The molecule has 7 nitrogen and oxygen atoms in total. The number of ether oxygens (including phenoxy) is 1. The topological polar surface area (TPSA) is 87.7 Å². The summed E-state index contributed by atoms with van der Waals surface area (Å²) in [6.45, 7) is 4.80. The molecule has 32 heavy (non-hydrogen) atoms. The molecule has 170 valence electrons. The summed E-state index contributed by atoms with van der Waals surface area (Å²) >= 11 is 9.41. The lowest BCUT2D eigenvalue weighted by molar-refractivity contribution is -0.126. The molecule has 1 heterocycles. The summed E-state index contributed by atoms with van der Waals surface area (Å²) in [6.07, 6.45) is 0.195. The van der Waals surface area contributed by atoms with Crippen LogP contribution in [-0.2, 0) is 14.4 Å². The van der Waals surface area contributed by atoms with Crippen LogP contribution >= 0.6 is 27.5 Å². The number of hydrogen-bond donors (Lipinski definition) is 2. The van der Waals surface area contributed by atoms with Crippen LogP contribution in [0.25, 0.3) is 0 Å². The summed E-state index contributed by atoms with van der Waals surface area (Å²) in [5.41, 5.74) is 1.19. The Labute approximate surface area is 200 Å². The van der Waals surface area contributed by atoms with Crippen LogP contribution in [-0.4, -0.2) is 37.4 Å². The van der Waals surface area contributed by atoms with Crippen molar-refractivity contribution < 1.29 is 19.1 Å². The second kappa shape index (κ2) is 10.8. The van der Waals surface area contributed by atoms with Gasteiger partial charge in [-0.15, -0.1) is 0 Å². The number of anilines is 2. The number of carbonyl (C=O) groups is 3. The van der Waals surface area contributed by atoms with Gasteiger partial charge in [-0.25, -0.2) is 0 Å². The quantitative estimate of drug-likeness (QED) is 0.543. The zero-order valence-electron chi connectivity index (χ0n) is 17.9. The average Bonchev–Trinajstić information content (AvgIpc) is 3.14. The molecular weight excluding hydrogens is 498 g/mol. The average molecular weight is 523 g/mol. The van der Waals surface area contributed by atoms with Gasteiger partial charge >= 0.3 is 0 Å². The van der Waals surface area contributed by atoms with E-state index in [-0.39, 0.29) is 36.7 Å². The molecule has 1 fully saturated rings. The molecule has 1 saturated heterocycles. The van der Waals surface area contributed by atoms with Gasteiger partial charge in [0.2, 0.25) is 11.8 Å². The van der Waals surface area contributed by atoms with Crippen LogP contribution in [0.2, 0.25) is 5.02 Å². The molecule has 0 saturated carbocycles. The Morgan fingerprint density at radius 1 is 1.22 bits per heavy atom. The van der Waals surface area contributed by atoms with Crippen LogP contribution < -0.4 is 20.3 Å². The highest BCUT2D eigenvalue weighted by molar-refractivity contribution is 9.10. The Kier molecular flexibility index (Phi) is 8.15. The molecule has 2 aromatic rings. The van der Waals surface area contributed by atoms with Crippen molar-refractivity contribution in [3.05, 3.63) is 52.0 Å². The molecule has 0 unspecified atom stereocenters. The predicted molar refractivity (Wildman–Crippen MR) is 128 cm³/mol. The maximum atomic E-state index is 12.4. The van der Waals surface area contributed by atoms with Gasteiger partial charge in [0.05, 0.1) is 16.6 Å². The molecule has 1 atom stereocenters. The monoisotopic (exact) mass is 521 g/mol. The van der Waals surface area contributed by atoms with Gasteiger partial charge in [-0.3, -0.25) is 14.4 Å². The SMILES string of the molecule is CC(C)CNC(=O)[C@@H]1CC(=O)N(c2ccc(OCC(=O)Nc3ccc(Br)cc3Cl)cc2)C1. The molecule has 0 aromatic heterocycles. The van der Waals surface area contributed by atoms with E-state index in [4.69, 9.17) is 16.3 Å². The Morgan fingerprint density at radius 3 is 2.59 bits per heavy atom. The summed E-state index contributed by atoms with van der Waals surface area (Å²) in [5.74, 6) is -0.0348. The molecule has 2 aromatic carbocycles. The molecule has 0 spiro atoms. The number of halogens is 2. The van der Waals surface area contributed by atoms with Crippen molar-refractivity contribution in [3.63, 3.8) is 0 Å². The van der Waals surface area contributed by atoms with E-state index in [1.165, 1.54) is 0 Å². The van der Waals surface area contributed by atoms with Crippen LogP contribution in [0.1, 0.15) is 20.3 Å². The lowest BCUT2D eigenvalue weighted by Crippen LogP contribution is -2.35. The maximum Gasteiger partial charge on any atom is 0.262 e. The molecule has 3 rings (SSSR count). The summed E-state index contributed by atoms with van der Waals surface area (Å²) in [6, 6.07) is 12.0. The standard InChI is InChI=1S/C23H25BrClN3O4/c1-14(2)11-26-23(31)15-9-22(30)28(12-15)17-4-6-18(7-5-17)32-13-21(29)27-20-8-3-16(24)10-19(20)25/h3-8,10,14-15H,9,11-13H2,1-2H3,(H,26,31)(H,27,29)/t15-/m1/s1. The van der Waals surface area contributed by atoms with E-state index in [1.807, 2.05) is 13.8 Å². The highest BCUT2D eigenvalue weighted by atomic mass is 79.9. The van der Waals surface area contributed by atoms with Gasteiger partial charge in [-0.05, 0) is 48.4 Å². The Balaban J connectivity index is 1.52. The smallest absolute Gasteiger partial charge is 0.262 e.